The van der Waals surface area contributed by atoms with Gasteiger partial charge in [-0.25, -0.2) is 0 Å². The molecule has 1 aliphatic rings. The largest absolute Gasteiger partial charge is 0.395 e. The van der Waals surface area contributed by atoms with Crippen molar-refractivity contribution in [2.45, 2.75) is 24.3 Å². The predicted molar refractivity (Wildman–Crippen MR) is 31.5 cm³/mol. The molecule has 2 atom stereocenters. The minimum absolute atomic E-state index is 0.219. The topological polar surface area (TPSA) is 0 Å². The van der Waals surface area contributed by atoms with Crippen LogP contribution in [0, 0.1) is 5.41 Å². The fourth-order valence-corrected chi connectivity index (χ4v) is 1.54. The molecule has 9 heavy (non-hydrogen) atoms. The summed E-state index contributed by atoms with van der Waals surface area (Å²) in [6, 6.07) is 0. The first-order valence-electron chi connectivity index (χ1n) is 2.59. The highest BCUT2D eigenvalue weighted by atomic mass is 79.9. The van der Waals surface area contributed by atoms with Crippen LogP contribution in [0.25, 0.3) is 0 Å². The molecular formula is C5H6BrF3. The third-order valence-electron chi connectivity index (χ3n) is 1.78. The van der Waals surface area contributed by atoms with Crippen LogP contribution in [0.4, 0.5) is 13.2 Å². The molecular weight excluding hydrogens is 197 g/mol. The number of alkyl halides is 4. The van der Waals surface area contributed by atoms with Crippen LogP contribution in [0.1, 0.15) is 13.3 Å². The van der Waals surface area contributed by atoms with Gasteiger partial charge < -0.3 is 0 Å². The lowest BCUT2D eigenvalue weighted by Crippen LogP contribution is -2.23. The summed E-state index contributed by atoms with van der Waals surface area (Å²) >= 11 is 2.92. The van der Waals surface area contributed by atoms with Gasteiger partial charge in [0.2, 0.25) is 0 Å². The van der Waals surface area contributed by atoms with E-state index in [4.69, 9.17) is 0 Å². The van der Waals surface area contributed by atoms with Crippen molar-refractivity contribution in [3.05, 3.63) is 0 Å². The second-order valence-corrected chi connectivity index (χ2v) is 3.69. The van der Waals surface area contributed by atoms with Crippen molar-refractivity contribution < 1.29 is 13.2 Å². The van der Waals surface area contributed by atoms with Gasteiger partial charge in [-0.2, -0.15) is 13.2 Å². The Morgan fingerprint density at radius 1 is 1.56 bits per heavy atom. The highest BCUT2D eigenvalue weighted by Gasteiger charge is 2.66. The van der Waals surface area contributed by atoms with Gasteiger partial charge in [-0.15, -0.1) is 0 Å². The highest BCUT2D eigenvalue weighted by Crippen LogP contribution is 2.60. The van der Waals surface area contributed by atoms with Crippen LogP contribution in [0.3, 0.4) is 0 Å². The van der Waals surface area contributed by atoms with E-state index in [1.54, 1.807) is 0 Å². The standard InChI is InChI=1S/C5H6BrF3/c1-4(2-3(4)6)5(7,8)9/h3H,2H2,1H3. The SMILES string of the molecule is CC1(C(F)(F)F)CC1Br. The molecule has 0 aliphatic heterocycles. The van der Waals surface area contributed by atoms with Gasteiger partial charge >= 0.3 is 6.18 Å². The van der Waals surface area contributed by atoms with E-state index in [2.05, 4.69) is 15.9 Å². The maximum atomic E-state index is 11.8. The van der Waals surface area contributed by atoms with E-state index in [1.165, 1.54) is 6.92 Å². The van der Waals surface area contributed by atoms with Gasteiger partial charge in [0.15, 0.2) is 0 Å². The minimum Gasteiger partial charge on any atom is -0.170 e. The average molecular weight is 203 g/mol. The molecule has 0 radical (unpaired) electrons. The normalized spacial score (nSPS) is 43.0. The monoisotopic (exact) mass is 202 g/mol. The molecule has 0 bridgehead atoms. The van der Waals surface area contributed by atoms with Crippen LogP contribution >= 0.6 is 15.9 Å². The summed E-state index contributed by atoms with van der Waals surface area (Å²) in [5, 5.41) is 0. The molecule has 1 rings (SSSR count). The first kappa shape index (κ1) is 7.38. The molecule has 0 aromatic carbocycles. The fraction of sp³-hybridized carbons (Fsp3) is 1.00. The maximum Gasteiger partial charge on any atom is 0.395 e. The van der Waals surface area contributed by atoms with Gasteiger partial charge in [0, 0.05) is 4.83 Å². The molecule has 54 valence electrons. The molecule has 0 nitrogen and oxygen atoms in total. The molecule has 0 aromatic heterocycles. The highest BCUT2D eigenvalue weighted by molar-refractivity contribution is 9.09. The summed E-state index contributed by atoms with van der Waals surface area (Å²) in [5.74, 6) is 0. The Hall–Kier alpha value is 0.270. The van der Waals surface area contributed by atoms with E-state index in [0.29, 0.717) is 0 Å². The van der Waals surface area contributed by atoms with Crippen molar-refractivity contribution >= 4 is 15.9 Å². The maximum absolute atomic E-state index is 11.8. The van der Waals surface area contributed by atoms with E-state index < -0.39 is 11.6 Å². The predicted octanol–water partition coefficient (Wildman–Crippen LogP) is 2.72. The van der Waals surface area contributed by atoms with Crippen molar-refractivity contribution in [3.8, 4) is 0 Å². The van der Waals surface area contributed by atoms with E-state index in [-0.39, 0.29) is 11.2 Å². The first-order chi connectivity index (χ1) is 3.88. The molecule has 0 saturated heterocycles. The zero-order valence-corrected chi connectivity index (χ0v) is 6.38. The first-order valence-corrected chi connectivity index (χ1v) is 3.50. The van der Waals surface area contributed by atoms with Crippen molar-refractivity contribution in [2.24, 2.45) is 5.41 Å². The molecule has 1 fully saturated rings. The molecule has 1 saturated carbocycles. The van der Waals surface area contributed by atoms with Gasteiger partial charge in [-0.1, -0.05) is 15.9 Å². The molecule has 2 unspecified atom stereocenters. The Balaban J connectivity index is 2.64. The molecule has 0 aromatic rings. The average Bonchev–Trinajstić information content (AvgIpc) is 2.13. The number of halogens is 4. The Bertz CT molecular complexity index is 131. The number of hydrogen-bond donors (Lipinski definition) is 0. The number of hydrogen-bond acceptors (Lipinski definition) is 0. The molecule has 4 heteroatoms. The van der Waals surface area contributed by atoms with Crippen LogP contribution in [-0.2, 0) is 0 Å². The van der Waals surface area contributed by atoms with Gasteiger partial charge in [0.05, 0.1) is 5.41 Å². The third kappa shape index (κ3) is 0.974. The van der Waals surface area contributed by atoms with Crippen LogP contribution in [-0.4, -0.2) is 11.0 Å². The van der Waals surface area contributed by atoms with Crippen LogP contribution in [0.15, 0.2) is 0 Å². The Morgan fingerprint density at radius 3 is 1.89 bits per heavy atom. The quantitative estimate of drug-likeness (QED) is 0.531. The molecule has 0 N–H and O–H groups in total. The van der Waals surface area contributed by atoms with Crippen LogP contribution in [0.5, 0.6) is 0 Å². The van der Waals surface area contributed by atoms with Gasteiger partial charge in [0.1, 0.15) is 0 Å². The lowest BCUT2D eigenvalue weighted by molar-refractivity contribution is -0.180. The van der Waals surface area contributed by atoms with Crippen LogP contribution in [0.2, 0.25) is 0 Å². The molecule has 0 spiro atoms. The Labute approximate surface area is 59.6 Å². The summed E-state index contributed by atoms with van der Waals surface area (Å²) in [7, 11) is 0. The van der Waals surface area contributed by atoms with Crippen molar-refractivity contribution in [1.82, 2.24) is 0 Å². The summed E-state index contributed by atoms with van der Waals surface area (Å²) in [6.45, 7) is 1.23. The lowest BCUT2D eigenvalue weighted by Gasteiger charge is -2.12. The molecule has 1 aliphatic carbocycles. The summed E-state index contributed by atoms with van der Waals surface area (Å²) in [6.07, 6.45) is -3.81. The van der Waals surface area contributed by atoms with Gasteiger partial charge in [-0.05, 0) is 13.3 Å². The van der Waals surface area contributed by atoms with E-state index >= 15 is 0 Å². The Morgan fingerprint density at radius 2 is 1.89 bits per heavy atom. The van der Waals surface area contributed by atoms with Gasteiger partial charge in [-0.3, -0.25) is 0 Å². The van der Waals surface area contributed by atoms with E-state index in [1.807, 2.05) is 0 Å². The second-order valence-electron chi connectivity index (χ2n) is 2.59. The van der Waals surface area contributed by atoms with E-state index in [0.717, 1.165) is 0 Å². The van der Waals surface area contributed by atoms with Crippen molar-refractivity contribution in [3.63, 3.8) is 0 Å². The Kier molecular flexibility index (Phi) is 1.35. The van der Waals surface area contributed by atoms with Crippen molar-refractivity contribution in [1.29, 1.82) is 0 Å². The fourth-order valence-electron chi connectivity index (χ4n) is 0.607. The second kappa shape index (κ2) is 1.65. The van der Waals surface area contributed by atoms with Crippen molar-refractivity contribution in [2.75, 3.05) is 0 Å². The smallest absolute Gasteiger partial charge is 0.170 e. The summed E-state index contributed by atoms with van der Waals surface area (Å²) in [4.78, 5) is -0.356. The van der Waals surface area contributed by atoms with E-state index in [9.17, 15) is 13.2 Å². The number of rotatable bonds is 0. The zero-order valence-electron chi connectivity index (χ0n) is 4.80. The minimum atomic E-state index is -4.03. The zero-order chi connectivity index (χ0) is 7.28. The van der Waals surface area contributed by atoms with Crippen LogP contribution < -0.4 is 0 Å². The third-order valence-corrected chi connectivity index (χ3v) is 3.12. The summed E-state index contributed by atoms with van der Waals surface area (Å²) in [5.41, 5.74) is -1.44. The molecule has 0 heterocycles. The molecule has 0 amide bonds. The van der Waals surface area contributed by atoms with Gasteiger partial charge in [0.25, 0.3) is 0 Å². The summed E-state index contributed by atoms with van der Waals surface area (Å²) < 4.78 is 35.5. The lowest BCUT2D eigenvalue weighted by atomic mass is 10.1.